The van der Waals surface area contributed by atoms with Gasteiger partial charge in [-0.25, -0.2) is 0 Å². The molecular weight excluding hydrogens is 240 g/mol. The average molecular weight is 266 g/mol. The molecule has 1 nitrogen and oxygen atoms in total. The first-order chi connectivity index (χ1) is 8.50. The number of carbonyl (C=O) groups is 1. The maximum Gasteiger partial charge on any atom is 0.163 e. The third-order valence-corrected chi connectivity index (χ3v) is 5.91. The summed E-state index contributed by atoms with van der Waals surface area (Å²) in [6.45, 7) is 9.02. The van der Waals surface area contributed by atoms with Crippen LogP contribution in [0.15, 0.2) is 11.0 Å². The molecule has 0 bridgehead atoms. The van der Waals surface area contributed by atoms with Gasteiger partial charge in [0.25, 0.3) is 0 Å². The molecule has 2 rings (SSSR count). The van der Waals surface area contributed by atoms with E-state index in [1.165, 1.54) is 25.7 Å². The van der Waals surface area contributed by atoms with E-state index in [0.29, 0.717) is 23.5 Å². The highest BCUT2D eigenvalue weighted by Crippen LogP contribution is 2.57. The Labute approximate surface area is 116 Å². The van der Waals surface area contributed by atoms with Crippen LogP contribution >= 0.6 is 11.8 Å². The third kappa shape index (κ3) is 2.29. The van der Waals surface area contributed by atoms with E-state index in [1.54, 1.807) is 0 Å². The van der Waals surface area contributed by atoms with Crippen LogP contribution in [0.1, 0.15) is 53.4 Å². The Bertz CT molecular complexity index is 356. The molecule has 0 heterocycles. The second-order valence-electron chi connectivity index (χ2n) is 6.53. The molecule has 0 spiro atoms. The van der Waals surface area contributed by atoms with E-state index in [0.717, 1.165) is 11.3 Å². The number of allylic oxidation sites excluding steroid dienone is 1. The number of carbonyl (C=O) groups excluding carboxylic acids is 1. The summed E-state index contributed by atoms with van der Waals surface area (Å²) in [7, 11) is 0. The lowest BCUT2D eigenvalue weighted by Gasteiger charge is -2.26. The monoisotopic (exact) mass is 266 g/mol. The molecule has 0 radical (unpaired) electrons. The molecular formula is C16H26OS. The summed E-state index contributed by atoms with van der Waals surface area (Å²) < 4.78 is 0. The van der Waals surface area contributed by atoms with Gasteiger partial charge in [-0.3, -0.25) is 4.79 Å². The van der Waals surface area contributed by atoms with Gasteiger partial charge >= 0.3 is 0 Å². The highest BCUT2D eigenvalue weighted by molar-refractivity contribution is 8.02. The molecule has 2 heteroatoms. The molecule has 3 atom stereocenters. The van der Waals surface area contributed by atoms with E-state index < -0.39 is 0 Å². The molecule has 0 aromatic rings. The molecule has 0 aromatic carbocycles. The van der Waals surface area contributed by atoms with Gasteiger partial charge in [0.15, 0.2) is 5.78 Å². The number of Topliss-reactive ketones (excluding diaryl/α,β-unsaturated/α-hetero) is 1. The van der Waals surface area contributed by atoms with Gasteiger partial charge in [-0.2, -0.15) is 0 Å². The molecule has 0 amide bonds. The van der Waals surface area contributed by atoms with Crippen molar-refractivity contribution in [2.75, 3.05) is 5.75 Å². The van der Waals surface area contributed by atoms with Crippen LogP contribution in [0.3, 0.4) is 0 Å². The molecule has 2 aliphatic carbocycles. The van der Waals surface area contributed by atoms with Crippen molar-refractivity contribution in [1.82, 2.24) is 0 Å². The second kappa shape index (κ2) is 5.40. The van der Waals surface area contributed by atoms with Crippen molar-refractivity contribution in [3.63, 3.8) is 0 Å². The Balaban J connectivity index is 2.14. The predicted molar refractivity (Wildman–Crippen MR) is 79.6 cm³/mol. The third-order valence-electron chi connectivity index (χ3n) is 4.99. The molecule has 0 aromatic heterocycles. The fraction of sp³-hybridized carbons (Fsp3) is 0.812. The summed E-state index contributed by atoms with van der Waals surface area (Å²) in [4.78, 5) is 12.6. The maximum absolute atomic E-state index is 12.6. The first kappa shape index (κ1) is 14.2. The maximum atomic E-state index is 12.6. The van der Waals surface area contributed by atoms with Gasteiger partial charge < -0.3 is 0 Å². The van der Waals surface area contributed by atoms with Crippen LogP contribution in [0.25, 0.3) is 0 Å². The number of thioether (sulfide) groups is 1. The van der Waals surface area contributed by atoms with E-state index in [-0.39, 0.29) is 5.41 Å². The quantitative estimate of drug-likeness (QED) is 0.543. The Morgan fingerprint density at radius 3 is 2.72 bits per heavy atom. The van der Waals surface area contributed by atoms with Gasteiger partial charge in [-0.1, -0.05) is 34.1 Å². The van der Waals surface area contributed by atoms with Gasteiger partial charge in [0.2, 0.25) is 0 Å². The zero-order chi connectivity index (χ0) is 13.3. The minimum absolute atomic E-state index is 0.103. The van der Waals surface area contributed by atoms with Crippen LogP contribution in [0.4, 0.5) is 0 Å². The summed E-state index contributed by atoms with van der Waals surface area (Å²) >= 11 is 1.84. The first-order valence-electron chi connectivity index (χ1n) is 7.36. The summed E-state index contributed by atoms with van der Waals surface area (Å²) in [5, 5.41) is 2.18. The van der Waals surface area contributed by atoms with Crippen molar-refractivity contribution in [3.05, 3.63) is 11.0 Å². The van der Waals surface area contributed by atoms with Crippen molar-refractivity contribution < 1.29 is 4.79 Å². The number of hydrogen-bond donors (Lipinski definition) is 0. The van der Waals surface area contributed by atoms with E-state index in [9.17, 15) is 4.79 Å². The Morgan fingerprint density at radius 1 is 1.39 bits per heavy atom. The van der Waals surface area contributed by atoms with Crippen molar-refractivity contribution >= 4 is 17.5 Å². The lowest BCUT2D eigenvalue weighted by atomic mass is 9.77. The van der Waals surface area contributed by atoms with Crippen LogP contribution in [0.2, 0.25) is 0 Å². The van der Waals surface area contributed by atoms with Crippen LogP contribution in [-0.2, 0) is 4.79 Å². The van der Waals surface area contributed by atoms with Crippen molar-refractivity contribution in [2.24, 2.45) is 23.2 Å². The number of fused-ring (bicyclic) bond motifs is 1. The van der Waals surface area contributed by atoms with Crippen molar-refractivity contribution in [2.45, 2.75) is 53.4 Å². The summed E-state index contributed by atoms with van der Waals surface area (Å²) in [6, 6.07) is 0. The highest BCUT2D eigenvalue weighted by atomic mass is 32.2. The van der Waals surface area contributed by atoms with E-state index >= 15 is 0 Å². The summed E-state index contributed by atoms with van der Waals surface area (Å²) in [5.41, 5.74) is 1.22. The molecule has 0 N–H and O–H groups in total. The van der Waals surface area contributed by atoms with E-state index in [1.807, 2.05) is 11.8 Å². The smallest absolute Gasteiger partial charge is 0.163 e. The topological polar surface area (TPSA) is 17.1 Å². The zero-order valence-corrected chi connectivity index (χ0v) is 13.0. The number of ketones is 1. The normalized spacial score (nSPS) is 36.3. The van der Waals surface area contributed by atoms with Crippen LogP contribution < -0.4 is 0 Å². The largest absolute Gasteiger partial charge is 0.294 e. The summed E-state index contributed by atoms with van der Waals surface area (Å²) in [6.07, 6.45) is 4.95. The molecule has 2 aliphatic rings. The molecule has 0 saturated heterocycles. The molecule has 2 fully saturated rings. The number of rotatable bonds is 4. The Hall–Kier alpha value is -0.240. The van der Waals surface area contributed by atoms with Gasteiger partial charge in [0.1, 0.15) is 0 Å². The van der Waals surface area contributed by atoms with Gasteiger partial charge in [-0.15, -0.1) is 11.8 Å². The van der Waals surface area contributed by atoms with Crippen LogP contribution in [0.5, 0.6) is 0 Å². The molecule has 0 unspecified atom stereocenters. The van der Waals surface area contributed by atoms with Crippen LogP contribution in [-0.4, -0.2) is 11.5 Å². The minimum atomic E-state index is 0.103. The second-order valence-corrected chi connectivity index (χ2v) is 7.51. The summed E-state index contributed by atoms with van der Waals surface area (Å²) in [5.74, 6) is 3.11. The first-order valence-corrected chi connectivity index (χ1v) is 8.41. The number of unbranched alkanes of at least 4 members (excludes halogenated alkanes) is 1. The standard InChI is InChI=1S/C16H26OS/c1-5-6-9-18-10-13-15(17)14-11(2)7-8-12(14)16(13,3)4/h10-12,14H,5-9H2,1-4H3/b13-10+/t11-,12+,14-/m1/s1. The number of hydrogen-bond acceptors (Lipinski definition) is 2. The molecule has 102 valence electrons. The molecule has 18 heavy (non-hydrogen) atoms. The molecule has 0 aliphatic heterocycles. The van der Waals surface area contributed by atoms with Gasteiger partial charge in [0.05, 0.1) is 0 Å². The molecule has 2 saturated carbocycles. The van der Waals surface area contributed by atoms with Crippen LogP contribution in [0, 0.1) is 23.2 Å². The van der Waals surface area contributed by atoms with Gasteiger partial charge in [-0.05, 0) is 47.7 Å². The minimum Gasteiger partial charge on any atom is -0.294 e. The Kier molecular flexibility index (Phi) is 4.25. The van der Waals surface area contributed by atoms with E-state index in [4.69, 9.17) is 0 Å². The van der Waals surface area contributed by atoms with Crippen molar-refractivity contribution in [3.8, 4) is 0 Å². The predicted octanol–water partition coefficient (Wildman–Crippen LogP) is 4.67. The van der Waals surface area contributed by atoms with E-state index in [2.05, 4.69) is 33.1 Å². The van der Waals surface area contributed by atoms with Gasteiger partial charge in [0, 0.05) is 11.5 Å². The fourth-order valence-corrected chi connectivity index (χ4v) is 4.89. The average Bonchev–Trinajstić information content (AvgIpc) is 2.78. The highest BCUT2D eigenvalue weighted by Gasteiger charge is 2.55. The Morgan fingerprint density at radius 2 is 2.11 bits per heavy atom. The SMILES string of the molecule is CCCCS/C=C1\C(=O)[C@@H]2[C@H](C)CC[C@@H]2C1(C)C. The van der Waals surface area contributed by atoms with Crippen molar-refractivity contribution in [1.29, 1.82) is 0 Å². The zero-order valence-electron chi connectivity index (χ0n) is 12.2. The lowest BCUT2D eigenvalue weighted by molar-refractivity contribution is -0.119. The lowest BCUT2D eigenvalue weighted by Crippen LogP contribution is -2.20. The fourth-order valence-electron chi connectivity index (χ4n) is 3.73.